The lowest BCUT2D eigenvalue weighted by atomic mass is 10.1. The molecule has 0 fully saturated rings. The first kappa shape index (κ1) is 21.3. The molecule has 2 heterocycles. The molecule has 29 heavy (non-hydrogen) atoms. The number of nitrogens with two attached hydrogens (primary N) is 1. The van der Waals surface area contributed by atoms with E-state index >= 15 is 0 Å². The van der Waals surface area contributed by atoms with E-state index in [4.69, 9.17) is 5.73 Å². The molecule has 4 N–H and O–H groups in total. The van der Waals surface area contributed by atoms with Crippen molar-refractivity contribution in [2.45, 2.75) is 25.7 Å². The van der Waals surface area contributed by atoms with E-state index in [0.717, 1.165) is 60.6 Å². The Balaban J connectivity index is 1.71. The van der Waals surface area contributed by atoms with E-state index in [1.807, 2.05) is 7.05 Å². The monoisotopic (exact) mass is 437 g/mol. The molecule has 10 heteroatoms. The predicted molar refractivity (Wildman–Crippen MR) is 113 cm³/mol. The van der Waals surface area contributed by atoms with E-state index in [2.05, 4.69) is 20.0 Å². The summed E-state index contributed by atoms with van der Waals surface area (Å²) in [5.74, 6) is -2.04. The number of carbonyl (C=O) groups is 1. The Morgan fingerprint density at radius 1 is 1.21 bits per heavy atom. The normalized spacial score (nSPS) is 11.0. The van der Waals surface area contributed by atoms with E-state index in [1.54, 1.807) is 6.20 Å². The average Bonchev–Trinajstić information content (AvgIpc) is 3.28. The van der Waals surface area contributed by atoms with Gasteiger partial charge in [-0.2, -0.15) is 4.37 Å². The van der Waals surface area contributed by atoms with Crippen LogP contribution >= 0.6 is 22.9 Å². The van der Waals surface area contributed by atoms with Gasteiger partial charge in [-0.15, -0.1) is 0 Å². The minimum absolute atomic E-state index is 0.0245. The fourth-order valence-electron chi connectivity index (χ4n) is 2.80. The molecular weight excluding hydrogens is 416 g/mol. The van der Waals surface area contributed by atoms with Gasteiger partial charge in [-0.25, -0.2) is 13.8 Å². The molecule has 3 rings (SSSR count). The van der Waals surface area contributed by atoms with Crippen LogP contribution in [-0.4, -0.2) is 28.9 Å². The van der Waals surface area contributed by atoms with Gasteiger partial charge in [-0.05, 0) is 56.5 Å². The highest BCUT2D eigenvalue weighted by atomic mass is 32.1. The van der Waals surface area contributed by atoms with Crippen LogP contribution in [0.4, 0.5) is 19.5 Å². The van der Waals surface area contributed by atoms with Crippen molar-refractivity contribution < 1.29 is 13.6 Å². The number of nitrogens with zero attached hydrogens (tertiary/aromatic N) is 2. The molecular formula is C19H21F2N5OS2. The molecule has 0 atom stereocenters. The first-order valence-electron chi connectivity index (χ1n) is 9.11. The predicted octanol–water partition coefficient (Wildman–Crippen LogP) is 4.31. The van der Waals surface area contributed by atoms with Crippen molar-refractivity contribution in [1.82, 2.24) is 14.7 Å². The first-order valence-corrected chi connectivity index (χ1v) is 10.7. The summed E-state index contributed by atoms with van der Waals surface area (Å²) in [5, 5.41) is 6.00. The first-order chi connectivity index (χ1) is 14.0. The molecule has 0 bridgehead atoms. The van der Waals surface area contributed by atoms with Gasteiger partial charge in [0.05, 0.1) is 17.4 Å². The molecule has 1 amide bonds. The molecule has 0 aliphatic rings. The average molecular weight is 438 g/mol. The smallest absolute Gasteiger partial charge is 0.277 e. The Kier molecular flexibility index (Phi) is 7.24. The second-order valence-electron chi connectivity index (χ2n) is 6.36. The second-order valence-corrected chi connectivity index (χ2v) is 8.28. The number of nitrogens with one attached hydrogen (secondary N) is 2. The van der Waals surface area contributed by atoms with Crippen molar-refractivity contribution in [3.63, 3.8) is 0 Å². The number of aromatic nitrogens is 2. The maximum atomic E-state index is 14.0. The fraction of sp³-hybridized carbons (Fsp3) is 0.316. The van der Waals surface area contributed by atoms with E-state index < -0.39 is 17.5 Å². The molecule has 3 aromatic rings. The summed E-state index contributed by atoms with van der Waals surface area (Å²) >= 11 is 2.20. The number of halogens is 2. The van der Waals surface area contributed by atoms with Gasteiger partial charge in [-0.1, -0.05) is 23.8 Å². The van der Waals surface area contributed by atoms with Crippen LogP contribution in [0.15, 0.2) is 24.4 Å². The molecule has 0 unspecified atom stereocenters. The summed E-state index contributed by atoms with van der Waals surface area (Å²) in [6, 6.07) is 3.54. The molecule has 0 radical (unpaired) electrons. The quantitative estimate of drug-likeness (QED) is 0.434. The Morgan fingerprint density at radius 3 is 2.69 bits per heavy atom. The third-order valence-corrected chi connectivity index (χ3v) is 6.03. The second kappa shape index (κ2) is 9.86. The summed E-state index contributed by atoms with van der Waals surface area (Å²) in [5.41, 5.74) is 6.17. The third-order valence-electron chi connectivity index (χ3n) is 4.27. The summed E-state index contributed by atoms with van der Waals surface area (Å²) in [6.45, 7) is 0.973. The molecule has 0 saturated carbocycles. The molecule has 0 saturated heterocycles. The lowest BCUT2D eigenvalue weighted by Crippen LogP contribution is -2.14. The minimum Gasteiger partial charge on any atom is -0.389 e. The molecule has 2 aromatic heterocycles. The third kappa shape index (κ3) is 5.14. The highest BCUT2D eigenvalue weighted by Crippen LogP contribution is 2.34. The van der Waals surface area contributed by atoms with Crippen LogP contribution in [0.1, 0.15) is 34.6 Å². The number of benzene rings is 1. The molecule has 0 spiro atoms. The summed E-state index contributed by atoms with van der Waals surface area (Å²) in [7, 11) is 1.92. The zero-order valence-corrected chi connectivity index (χ0v) is 17.4. The Labute approximate surface area is 175 Å². The number of unbranched alkanes of at least 4 members (excludes halogenated alkanes) is 2. The summed E-state index contributed by atoms with van der Waals surface area (Å²) < 4.78 is 32.2. The number of carbonyl (C=O) groups excluding carboxylic acids is 1. The molecule has 0 aliphatic heterocycles. The molecule has 154 valence electrons. The van der Waals surface area contributed by atoms with Gasteiger partial charge in [0.25, 0.3) is 5.91 Å². The van der Waals surface area contributed by atoms with Crippen molar-refractivity contribution in [2.24, 2.45) is 0 Å². The van der Waals surface area contributed by atoms with Gasteiger partial charge < -0.3 is 16.4 Å². The minimum atomic E-state index is -0.756. The number of hydrogen-bond donors (Lipinski definition) is 3. The Bertz CT molecular complexity index is 969. The molecule has 6 nitrogen and oxygen atoms in total. The van der Waals surface area contributed by atoms with Crippen molar-refractivity contribution >= 4 is 39.5 Å². The highest BCUT2D eigenvalue weighted by molar-refractivity contribution is 7.19. The number of rotatable bonds is 9. The zero-order valence-electron chi connectivity index (χ0n) is 15.8. The van der Waals surface area contributed by atoms with Crippen LogP contribution in [0.3, 0.4) is 0 Å². The van der Waals surface area contributed by atoms with Crippen LogP contribution in [-0.2, 0) is 6.42 Å². The van der Waals surface area contributed by atoms with Crippen molar-refractivity contribution in [3.8, 4) is 10.6 Å². The molecule has 1 aromatic carbocycles. The SMILES string of the molecule is CNCCCCCc1sncc1NC(=O)c1nc(-c2c(F)cccc2F)sc1N. The van der Waals surface area contributed by atoms with Crippen LogP contribution < -0.4 is 16.4 Å². The van der Waals surface area contributed by atoms with Gasteiger partial charge in [0, 0.05) is 4.88 Å². The summed E-state index contributed by atoms with van der Waals surface area (Å²) in [6.07, 6.45) is 5.54. The van der Waals surface area contributed by atoms with E-state index in [0.29, 0.717) is 5.69 Å². The fourth-order valence-corrected chi connectivity index (χ4v) is 4.40. The van der Waals surface area contributed by atoms with Gasteiger partial charge in [0.15, 0.2) is 5.69 Å². The van der Waals surface area contributed by atoms with Crippen LogP contribution in [0.25, 0.3) is 10.6 Å². The molecule has 0 aliphatic carbocycles. The number of anilines is 2. The number of thiazole rings is 1. The topological polar surface area (TPSA) is 92.9 Å². The number of hydrogen-bond acceptors (Lipinski definition) is 7. The van der Waals surface area contributed by atoms with Crippen LogP contribution in [0.2, 0.25) is 0 Å². The van der Waals surface area contributed by atoms with Crippen LogP contribution in [0, 0.1) is 11.6 Å². The van der Waals surface area contributed by atoms with Crippen LogP contribution in [0.5, 0.6) is 0 Å². The van der Waals surface area contributed by atoms with Crippen molar-refractivity contribution in [3.05, 3.63) is 46.6 Å². The number of aryl methyl sites for hydroxylation is 1. The maximum absolute atomic E-state index is 14.0. The Hall–Kier alpha value is -2.43. The summed E-state index contributed by atoms with van der Waals surface area (Å²) in [4.78, 5) is 17.7. The van der Waals surface area contributed by atoms with Crippen molar-refractivity contribution in [1.29, 1.82) is 0 Å². The zero-order chi connectivity index (χ0) is 20.8. The van der Waals surface area contributed by atoms with E-state index in [1.165, 1.54) is 17.6 Å². The highest BCUT2D eigenvalue weighted by Gasteiger charge is 2.22. The number of amides is 1. The van der Waals surface area contributed by atoms with E-state index in [9.17, 15) is 13.6 Å². The van der Waals surface area contributed by atoms with Gasteiger partial charge >= 0.3 is 0 Å². The lowest BCUT2D eigenvalue weighted by Gasteiger charge is -2.05. The van der Waals surface area contributed by atoms with Gasteiger partial charge in [-0.3, -0.25) is 4.79 Å². The van der Waals surface area contributed by atoms with Gasteiger partial charge in [0.1, 0.15) is 21.6 Å². The van der Waals surface area contributed by atoms with Gasteiger partial charge in [0.2, 0.25) is 0 Å². The van der Waals surface area contributed by atoms with E-state index in [-0.39, 0.29) is 21.3 Å². The lowest BCUT2D eigenvalue weighted by molar-refractivity contribution is 0.102. The maximum Gasteiger partial charge on any atom is 0.277 e. The van der Waals surface area contributed by atoms with Crippen molar-refractivity contribution in [2.75, 3.05) is 24.6 Å². The Morgan fingerprint density at radius 2 is 1.97 bits per heavy atom. The number of nitrogen functional groups attached to an aromatic ring is 1. The largest absolute Gasteiger partial charge is 0.389 e. The standard InChI is InChI=1S/C19H21F2N5OS2/c1-23-9-4-2-3-8-14-13(10-24-29-14)25-18(27)16-17(22)28-19(26-16)15-11(20)6-5-7-12(15)21/h5-7,10,23H,2-4,8-9,22H2,1H3,(H,25,27).